The molecule has 1 fully saturated rings. The Labute approximate surface area is 135 Å². The van der Waals surface area contributed by atoms with Crippen LogP contribution in [0.2, 0.25) is 0 Å². The van der Waals surface area contributed by atoms with Crippen molar-refractivity contribution in [1.82, 2.24) is 9.88 Å². The van der Waals surface area contributed by atoms with Crippen LogP contribution in [-0.2, 0) is 4.74 Å². The topological polar surface area (TPSA) is 85.5 Å². The van der Waals surface area contributed by atoms with E-state index in [0.717, 1.165) is 21.8 Å². The highest BCUT2D eigenvalue weighted by atomic mass is 79.9. The van der Waals surface area contributed by atoms with E-state index in [1.165, 1.54) is 0 Å². The van der Waals surface area contributed by atoms with Crippen LogP contribution >= 0.6 is 15.9 Å². The number of nitrogens with zero attached hydrogens (tertiary/aromatic N) is 2. The molecule has 2 aromatic rings. The number of pyridine rings is 1. The highest BCUT2D eigenvalue weighted by molar-refractivity contribution is 9.10. The standard InChI is InChI=1S/C15H14BrN3O3/c16-9-1-2-13-12(7-9)11(3-5-18-13)14(20)19-6-4-10(19)8-22-15(17)21/h1-3,5,7,10H,4,6,8H2,(H2,17,21). The van der Waals surface area contributed by atoms with Crippen molar-refractivity contribution in [2.24, 2.45) is 5.73 Å². The fourth-order valence-corrected chi connectivity index (χ4v) is 2.88. The maximum absolute atomic E-state index is 12.7. The van der Waals surface area contributed by atoms with Gasteiger partial charge in [-0.25, -0.2) is 4.79 Å². The summed E-state index contributed by atoms with van der Waals surface area (Å²) in [4.78, 5) is 29.4. The van der Waals surface area contributed by atoms with E-state index in [-0.39, 0.29) is 18.6 Å². The van der Waals surface area contributed by atoms with Crippen LogP contribution in [0.1, 0.15) is 16.8 Å². The van der Waals surface area contributed by atoms with Gasteiger partial charge >= 0.3 is 6.09 Å². The maximum atomic E-state index is 12.7. The summed E-state index contributed by atoms with van der Waals surface area (Å²) in [6.45, 7) is 0.775. The van der Waals surface area contributed by atoms with Crippen molar-refractivity contribution in [3.63, 3.8) is 0 Å². The summed E-state index contributed by atoms with van der Waals surface area (Å²) in [6.07, 6.45) is 1.60. The second-order valence-electron chi connectivity index (χ2n) is 5.09. The average Bonchev–Trinajstić information content (AvgIpc) is 2.45. The van der Waals surface area contributed by atoms with Crippen LogP contribution in [0, 0.1) is 0 Å². The Bertz CT molecular complexity index is 750. The first-order chi connectivity index (χ1) is 10.6. The number of rotatable bonds is 3. The van der Waals surface area contributed by atoms with Crippen molar-refractivity contribution in [2.45, 2.75) is 12.5 Å². The number of likely N-dealkylation sites (tertiary alicyclic amines) is 1. The quantitative estimate of drug-likeness (QED) is 0.906. The molecule has 1 unspecified atom stereocenters. The van der Waals surface area contributed by atoms with E-state index in [4.69, 9.17) is 10.5 Å². The molecule has 22 heavy (non-hydrogen) atoms. The molecule has 2 N–H and O–H groups in total. The summed E-state index contributed by atoms with van der Waals surface area (Å²) in [5.74, 6) is -0.0881. The Morgan fingerprint density at radius 3 is 2.91 bits per heavy atom. The number of amides is 2. The molecule has 0 radical (unpaired) electrons. The molecular formula is C15H14BrN3O3. The van der Waals surface area contributed by atoms with Crippen LogP contribution in [0.5, 0.6) is 0 Å². The van der Waals surface area contributed by atoms with Crippen LogP contribution in [0.25, 0.3) is 10.9 Å². The molecule has 0 aliphatic carbocycles. The molecule has 114 valence electrons. The van der Waals surface area contributed by atoms with Crippen LogP contribution in [-0.4, -0.2) is 41.1 Å². The third-order valence-corrected chi connectivity index (χ3v) is 4.25. The normalized spacial score (nSPS) is 17.1. The SMILES string of the molecule is NC(=O)OCC1CCN1C(=O)c1ccnc2ccc(Br)cc12. The molecule has 0 spiro atoms. The van der Waals surface area contributed by atoms with Gasteiger partial charge in [-0.2, -0.15) is 0 Å². The van der Waals surface area contributed by atoms with Crippen molar-refractivity contribution in [3.8, 4) is 0 Å². The van der Waals surface area contributed by atoms with Gasteiger partial charge in [0.2, 0.25) is 0 Å². The lowest BCUT2D eigenvalue weighted by atomic mass is 10.0. The van der Waals surface area contributed by atoms with Crippen molar-refractivity contribution < 1.29 is 14.3 Å². The Balaban J connectivity index is 1.86. The minimum absolute atomic E-state index is 0.0881. The number of aromatic nitrogens is 1. The van der Waals surface area contributed by atoms with Crippen molar-refractivity contribution >= 4 is 38.8 Å². The van der Waals surface area contributed by atoms with Crippen molar-refractivity contribution in [3.05, 3.63) is 40.5 Å². The summed E-state index contributed by atoms with van der Waals surface area (Å²) in [7, 11) is 0. The van der Waals surface area contributed by atoms with Gasteiger partial charge in [-0.15, -0.1) is 0 Å². The van der Waals surface area contributed by atoms with Gasteiger partial charge in [0.25, 0.3) is 5.91 Å². The van der Waals surface area contributed by atoms with E-state index < -0.39 is 6.09 Å². The maximum Gasteiger partial charge on any atom is 0.404 e. The second kappa shape index (κ2) is 5.92. The van der Waals surface area contributed by atoms with E-state index in [1.54, 1.807) is 17.2 Å². The molecule has 2 heterocycles. The lowest BCUT2D eigenvalue weighted by Gasteiger charge is -2.40. The van der Waals surface area contributed by atoms with Crippen LogP contribution in [0.15, 0.2) is 34.9 Å². The van der Waals surface area contributed by atoms with Gasteiger partial charge < -0.3 is 15.4 Å². The van der Waals surface area contributed by atoms with E-state index >= 15 is 0 Å². The zero-order valence-corrected chi connectivity index (χ0v) is 13.2. The average molecular weight is 364 g/mol. The Kier molecular flexibility index (Phi) is 3.98. The molecule has 1 aliphatic heterocycles. The summed E-state index contributed by atoms with van der Waals surface area (Å²) < 4.78 is 5.68. The van der Waals surface area contributed by atoms with Gasteiger partial charge in [-0.3, -0.25) is 9.78 Å². The lowest BCUT2D eigenvalue weighted by molar-refractivity contribution is 0.0253. The molecule has 0 saturated carbocycles. The number of carbonyl (C=O) groups is 2. The van der Waals surface area contributed by atoms with Gasteiger partial charge in [0.05, 0.1) is 17.1 Å². The van der Waals surface area contributed by atoms with Crippen LogP contribution < -0.4 is 5.73 Å². The fraction of sp³-hybridized carbons (Fsp3) is 0.267. The zero-order chi connectivity index (χ0) is 15.7. The number of carbonyl (C=O) groups excluding carboxylic acids is 2. The number of nitrogens with two attached hydrogens (primary N) is 1. The van der Waals surface area contributed by atoms with Crippen molar-refractivity contribution in [1.29, 1.82) is 0 Å². The molecule has 1 saturated heterocycles. The molecule has 3 rings (SSSR count). The van der Waals surface area contributed by atoms with E-state index in [2.05, 4.69) is 20.9 Å². The Morgan fingerprint density at radius 2 is 2.23 bits per heavy atom. The number of hydrogen-bond donors (Lipinski definition) is 1. The van der Waals surface area contributed by atoms with E-state index in [1.807, 2.05) is 18.2 Å². The molecule has 0 bridgehead atoms. The fourth-order valence-electron chi connectivity index (χ4n) is 2.52. The minimum Gasteiger partial charge on any atom is -0.448 e. The second-order valence-corrected chi connectivity index (χ2v) is 6.01. The molecule has 7 heteroatoms. The number of benzene rings is 1. The highest BCUT2D eigenvalue weighted by Crippen LogP contribution is 2.26. The number of fused-ring (bicyclic) bond motifs is 1. The first-order valence-corrected chi connectivity index (χ1v) is 7.63. The molecule has 2 amide bonds. The number of hydrogen-bond acceptors (Lipinski definition) is 4. The summed E-state index contributed by atoms with van der Waals surface area (Å²) in [6, 6.07) is 7.22. The molecule has 1 aromatic carbocycles. The van der Waals surface area contributed by atoms with Crippen molar-refractivity contribution in [2.75, 3.05) is 13.2 Å². The zero-order valence-electron chi connectivity index (χ0n) is 11.7. The smallest absolute Gasteiger partial charge is 0.404 e. The molecule has 1 aliphatic rings. The molecule has 1 aromatic heterocycles. The third-order valence-electron chi connectivity index (χ3n) is 3.76. The number of halogens is 1. The van der Waals surface area contributed by atoms with Gasteiger partial charge in [0.15, 0.2) is 0 Å². The van der Waals surface area contributed by atoms with Gasteiger partial charge in [-0.1, -0.05) is 15.9 Å². The molecule has 1 atom stereocenters. The monoisotopic (exact) mass is 363 g/mol. The van der Waals surface area contributed by atoms with Gasteiger partial charge in [-0.05, 0) is 30.7 Å². The van der Waals surface area contributed by atoms with Gasteiger partial charge in [0, 0.05) is 22.6 Å². The van der Waals surface area contributed by atoms with Crippen LogP contribution in [0.3, 0.4) is 0 Å². The lowest BCUT2D eigenvalue weighted by Crippen LogP contribution is -2.53. The van der Waals surface area contributed by atoms with Gasteiger partial charge in [0.1, 0.15) is 6.61 Å². The summed E-state index contributed by atoms with van der Waals surface area (Å²) in [5.41, 5.74) is 6.32. The van der Waals surface area contributed by atoms with E-state index in [9.17, 15) is 9.59 Å². The van der Waals surface area contributed by atoms with Crippen LogP contribution in [0.4, 0.5) is 4.79 Å². The predicted octanol–water partition coefficient (Wildman–Crippen LogP) is 2.31. The summed E-state index contributed by atoms with van der Waals surface area (Å²) >= 11 is 3.41. The number of ether oxygens (including phenoxy) is 1. The molecular weight excluding hydrogens is 350 g/mol. The first kappa shape index (κ1) is 14.8. The third kappa shape index (κ3) is 2.76. The predicted molar refractivity (Wildman–Crippen MR) is 84.4 cm³/mol. The molecule has 6 nitrogen and oxygen atoms in total. The number of primary amides is 1. The van der Waals surface area contributed by atoms with E-state index in [0.29, 0.717) is 12.1 Å². The Morgan fingerprint density at radius 1 is 1.41 bits per heavy atom. The minimum atomic E-state index is -0.822. The largest absolute Gasteiger partial charge is 0.448 e. The summed E-state index contributed by atoms with van der Waals surface area (Å²) in [5, 5.41) is 0.795. The highest BCUT2D eigenvalue weighted by Gasteiger charge is 2.34. The Hall–Kier alpha value is -2.15. The first-order valence-electron chi connectivity index (χ1n) is 6.84.